The van der Waals surface area contributed by atoms with Gasteiger partial charge in [-0.15, -0.1) is 11.3 Å². The van der Waals surface area contributed by atoms with Crippen LogP contribution >= 0.6 is 11.3 Å². The number of hydrazine groups is 1. The predicted octanol–water partition coefficient (Wildman–Crippen LogP) is 3.00. The van der Waals surface area contributed by atoms with E-state index in [4.69, 9.17) is 0 Å². The van der Waals surface area contributed by atoms with Gasteiger partial charge in [-0.3, -0.25) is 25.2 Å². The Labute approximate surface area is 174 Å². The third-order valence-corrected chi connectivity index (χ3v) is 6.79. The molecule has 6 nitrogen and oxygen atoms in total. The van der Waals surface area contributed by atoms with Gasteiger partial charge in [-0.25, -0.2) is 0 Å². The Morgan fingerprint density at radius 1 is 1.17 bits per heavy atom. The van der Waals surface area contributed by atoms with Crippen LogP contribution in [0.25, 0.3) is 0 Å². The summed E-state index contributed by atoms with van der Waals surface area (Å²) in [5.41, 5.74) is 7.97. The number of aryl methyl sites for hydroxylation is 1. The highest BCUT2D eigenvalue weighted by Gasteiger charge is 2.22. The number of hydrogen-bond donors (Lipinski definition) is 2. The van der Waals surface area contributed by atoms with Crippen molar-refractivity contribution in [3.8, 4) is 0 Å². The fraction of sp³-hybridized carbons (Fsp3) is 0.409. The third-order valence-electron chi connectivity index (χ3n) is 5.55. The van der Waals surface area contributed by atoms with Crippen LogP contribution in [0.4, 0.5) is 5.69 Å². The van der Waals surface area contributed by atoms with Crippen molar-refractivity contribution in [1.29, 1.82) is 0 Å². The molecule has 2 aliphatic rings. The monoisotopic (exact) mass is 411 g/mol. The zero-order chi connectivity index (χ0) is 20.4. The van der Waals surface area contributed by atoms with E-state index in [1.807, 2.05) is 30.3 Å². The van der Waals surface area contributed by atoms with Gasteiger partial charge in [0.2, 0.25) is 11.8 Å². The molecule has 2 aromatic rings. The number of hydrogen-bond acceptors (Lipinski definition) is 4. The summed E-state index contributed by atoms with van der Waals surface area (Å²) in [6.07, 6.45) is 4.85. The van der Waals surface area contributed by atoms with Crippen LogP contribution in [-0.2, 0) is 28.9 Å². The zero-order valence-electron chi connectivity index (χ0n) is 16.5. The molecule has 3 amide bonds. The smallest absolute Gasteiger partial charge is 0.279 e. The number of nitrogens with one attached hydrogen (secondary N) is 2. The van der Waals surface area contributed by atoms with E-state index in [1.165, 1.54) is 21.8 Å². The van der Waals surface area contributed by atoms with Gasteiger partial charge in [0.05, 0.1) is 11.3 Å². The maximum absolute atomic E-state index is 12.4. The van der Waals surface area contributed by atoms with Crippen LogP contribution in [0.15, 0.2) is 30.3 Å². The van der Waals surface area contributed by atoms with Crippen molar-refractivity contribution in [3.05, 3.63) is 51.2 Å². The average molecular weight is 412 g/mol. The molecule has 1 aromatic heterocycles. The van der Waals surface area contributed by atoms with Gasteiger partial charge in [0.25, 0.3) is 5.91 Å². The van der Waals surface area contributed by atoms with Crippen LogP contribution in [0.2, 0.25) is 0 Å². The second-order valence-electron chi connectivity index (χ2n) is 7.90. The lowest BCUT2D eigenvalue weighted by atomic mass is 9.90. The molecule has 2 heterocycles. The minimum atomic E-state index is -0.279. The molecule has 4 rings (SSSR count). The SMILES string of the molecule is C[C@H]1CCc2sc(C(=O)NNC(=O)Cc3ccc(N4CCCC4=O)cc3)cc2C1. The normalized spacial score (nSPS) is 18.4. The van der Waals surface area contributed by atoms with Gasteiger partial charge in [-0.1, -0.05) is 19.1 Å². The Hall–Kier alpha value is -2.67. The van der Waals surface area contributed by atoms with Crippen molar-refractivity contribution in [1.82, 2.24) is 10.9 Å². The van der Waals surface area contributed by atoms with Gasteiger partial charge in [0, 0.05) is 23.5 Å². The van der Waals surface area contributed by atoms with Crippen LogP contribution < -0.4 is 15.8 Å². The molecule has 29 heavy (non-hydrogen) atoms. The molecule has 0 saturated carbocycles. The molecule has 1 saturated heterocycles. The zero-order valence-corrected chi connectivity index (χ0v) is 17.3. The maximum atomic E-state index is 12.4. The van der Waals surface area contributed by atoms with Crippen molar-refractivity contribution in [2.24, 2.45) is 5.92 Å². The Kier molecular flexibility index (Phi) is 5.67. The molecule has 1 aromatic carbocycles. The number of benzene rings is 1. The third kappa shape index (κ3) is 4.50. The van der Waals surface area contributed by atoms with Crippen molar-refractivity contribution >= 4 is 34.7 Å². The van der Waals surface area contributed by atoms with Gasteiger partial charge in [0.1, 0.15) is 0 Å². The van der Waals surface area contributed by atoms with Crippen LogP contribution in [-0.4, -0.2) is 24.3 Å². The highest BCUT2D eigenvalue weighted by Crippen LogP contribution is 2.32. The van der Waals surface area contributed by atoms with Crippen LogP contribution in [0.3, 0.4) is 0 Å². The topological polar surface area (TPSA) is 78.5 Å². The molecule has 0 spiro atoms. The second kappa shape index (κ2) is 8.37. The molecular weight excluding hydrogens is 386 g/mol. The molecule has 0 radical (unpaired) electrons. The number of amides is 3. The predicted molar refractivity (Wildman–Crippen MR) is 113 cm³/mol. The molecule has 1 fully saturated rings. The largest absolute Gasteiger partial charge is 0.312 e. The molecular formula is C22H25N3O3S. The maximum Gasteiger partial charge on any atom is 0.279 e. The van der Waals surface area contributed by atoms with Gasteiger partial charge in [-0.2, -0.15) is 0 Å². The minimum absolute atomic E-state index is 0.142. The number of fused-ring (bicyclic) bond motifs is 1. The first kappa shape index (κ1) is 19.6. The molecule has 1 aliphatic heterocycles. The summed E-state index contributed by atoms with van der Waals surface area (Å²) in [4.78, 5) is 40.1. The molecule has 152 valence electrons. The summed E-state index contributed by atoms with van der Waals surface area (Å²) in [5, 5.41) is 0. The van der Waals surface area contributed by atoms with E-state index in [2.05, 4.69) is 17.8 Å². The lowest BCUT2D eigenvalue weighted by Gasteiger charge is -2.16. The van der Waals surface area contributed by atoms with E-state index >= 15 is 0 Å². The molecule has 2 N–H and O–H groups in total. The minimum Gasteiger partial charge on any atom is -0.312 e. The van der Waals surface area contributed by atoms with E-state index in [0.717, 1.165) is 43.5 Å². The molecule has 0 unspecified atom stereocenters. The Bertz CT molecular complexity index is 935. The fourth-order valence-corrected chi connectivity index (χ4v) is 5.05. The first-order valence-electron chi connectivity index (χ1n) is 10.1. The van der Waals surface area contributed by atoms with Crippen molar-refractivity contribution in [3.63, 3.8) is 0 Å². The summed E-state index contributed by atoms with van der Waals surface area (Å²) in [7, 11) is 0. The van der Waals surface area contributed by atoms with E-state index in [9.17, 15) is 14.4 Å². The number of anilines is 1. The van der Waals surface area contributed by atoms with Gasteiger partial charge >= 0.3 is 0 Å². The quantitative estimate of drug-likeness (QED) is 0.759. The summed E-state index contributed by atoms with van der Waals surface area (Å²) >= 11 is 1.52. The Morgan fingerprint density at radius 3 is 2.69 bits per heavy atom. The number of carbonyl (C=O) groups is 3. The highest BCUT2D eigenvalue weighted by atomic mass is 32.1. The molecule has 1 atom stereocenters. The van der Waals surface area contributed by atoms with Gasteiger partial charge in [-0.05, 0) is 60.9 Å². The number of thiophene rings is 1. The Morgan fingerprint density at radius 2 is 1.97 bits per heavy atom. The van der Waals surface area contributed by atoms with Gasteiger partial charge in [0.15, 0.2) is 0 Å². The van der Waals surface area contributed by atoms with E-state index in [1.54, 1.807) is 4.90 Å². The average Bonchev–Trinajstić information content (AvgIpc) is 3.32. The standard InChI is InChI=1S/C22H25N3O3S/c1-14-4-9-18-16(11-14)13-19(29-18)22(28)24-23-20(26)12-15-5-7-17(8-6-15)25-10-2-3-21(25)27/h5-8,13-14H,2-4,9-12H2,1H3,(H,23,26)(H,24,28)/t14-/m0/s1. The van der Waals surface area contributed by atoms with Crippen LogP contribution in [0.1, 0.15) is 51.9 Å². The van der Waals surface area contributed by atoms with E-state index in [-0.39, 0.29) is 24.1 Å². The first-order chi connectivity index (χ1) is 14.0. The molecule has 0 bridgehead atoms. The van der Waals surface area contributed by atoms with E-state index in [0.29, 0.717) is 17.2 Å². The van der Waals surface area contributed by atoms with E-state index < -0.39 is 0 Å². The lowest BCUT2D eigenvalue weighted by molar-refractivity contribution is -0.121. The van der Waals surface area contributed by atoms with Crippen LogP contribution in [0, 0.1) is 5.92 Å². The summed E-state index contributed by atoms with van der Waals surface area (Å²) in [5.74, 6) is 0.247. The number of rotatable bonds is 4. The first-order valence-corrected chi connectivity index (χ1v) is 10.9. The molecule has 1 aliphatic carbocycles. The van der Waals surface area contributed by atoms with Crippen molar-refractivity contribution in [2.45, 2.75) is 45.4 Å². The lowest BCUT2D eigenvalue weighted by Crippen LogP contribution is -2.42. The molecule has 7 heteroatoms. The second-order valence-corrected chi connectivity index (χ2v) is 9.04. The summed E-state index contributed by atoms with van der Waals surface area (Å²) in [6, 6.07) is 9.37. The Balaban J connectivity index is 1.29. The number of nitrogens with zero attached hydrogens (tertiary/aromatic N) is 1. The van der Waals surface area contributed by atoms with Gasteiger partial charge < -0.3 is 4.90 Å². The van der Waals surface area contributed by atoms with Crippen molar-refractivity contribution in [2.75, 3.05) is 11.4 Å². The number of carbonyl (C=O) groups excluding carboxylic acids is 3. The van der Waals surface area contributed by atoms with Crippen molar-refractivity contribution < 1.29 is 14.4 Å². The summed E-state index contributed by atoms with van der Waals surface area (Å²) < 4.78 is 0. The highest BCUT2D eigenvalue weighted by molar-refractivity contribution is 7.14. The summed E-state index contributed by atoms with van der Waals surface area (Å²) in [6.45, 7) is 2.98. The van der Waals surface area contributed by atoms with Crippen LogP contribution in [0.5, 0.6) is 0 Å². The fourth-order valence-electron chi connectivity index (χ4n) is 3.95.